The Kier molecular flexibility index (Phi) is 5.00. The molecule has 0 amide bonds. The molecular weight excluding hydrogens is 393 g/mol. The summed E-state index contributed by atoms with van der Waals surface area (Å²) in [5.74, 6) is 1.89. The molecule has 0 saturated carbocycles. The summed E-state index contributed by atoms with van der Waals surface area (Å²) in [6.07, 6.45) is 1.21. The zero-order chi connectivity index (χ0) is 18.4. The van der Waals surface area contributed by atoms with E-state index in [2.05, 4.69) is 11.4 Å². The van der Waals surface area contributed by atoms with Crippen LogP contribution in [-0.4, -0.2) is 25.3 Å². The molecule has 26 heavy (non-hydrogen) atoms. The summed E-state index contributed by atoms with van der Waals surface area (Å²) in [7, 11) is 0. The minimum Gasteiger partial charge on any atom is -0.487 e. The van der Waals surface area contributed by atoms with Crippen LogP contribution in [0, 0.1) is 0 Å². The molecule has 0 spiro atoms. The van der Waals surface area contributed by atoms with Crippen LogP contribution in [0.15, 0.2) is 24.3 Å². The summed E-state index contributed by atoms with van der Waals surface area (Å²) in [5, 5.41) is 5.02. The Hall–Kier alpha value is -1.13. The first kappa shape index (κ1) is 18.2. The average molecular weight is 413 g/mol. The van der Waals surface area contributed by atoms with E-state index in [9.17, 15) is 0 Å². The lowest BCUT2D eigenvalue weighted by molar-refractivity contribution is 0.160. The predicted molar refractivity (Wildman–Crippen MR) is 107 cm³/mol. The molecule has 1 saturated heterocycles. The normalized spacial score (nSPS) is 21.3. The third-order valence-electron chi connectivity index (χ3n) is 4.83. The molecule has 2 aliphatic rings. The van der Waals surface area contributed by atoms with E-state index < -0.39 is 0 Å². The van der Waals surface area contributed by atoms with E-state index in [1.165, 1.54) is 0 Å². The van der Waals surface area contributed by atoms with Gasteiger partial charge in [0.2, 0.25) is 0 Å². The predicted octanol–water partition coefficient (Wildman–Crippen LogP) is 5.94. The summed E-state index contributed by atoms with van der Waals surface area (Å²) >= 11 is 19.0. The smallest absolute Gasteiger partial charge is 0.165 e. The number of ether oxygens (including phenoxy) is 2. The molecule has 0 bridgehead atoms. The zero-order valence-electron chi connectivity index (χ0n) is 14.6. The highest BCUT2D eigenvalue weighted by Gasteiger charge is 2.38. The highest BCUT2D eigenvalue weighted by Crippen LogP contribution is 2.50. The minimum absolute atomic E-state index is 0.0369. The lowest BCUT2D eigenvalue weighted by atomic mass is 9.89. The number of nitrogens with one attached hydrogen (secondary N) is 1. The molecule has 2 heterocycles. The zero-order valence-corrected chi connectivity index (χ0v) is 16.9. The van der Waals surface area contributed by atoms with E-state index >= 15 is 0 Å². The summed E-state index contributed by atoms with van der Waals surface area (Å²) in [6, 6.07) is 7.51. The minimum atomic E-state index is 0.0369. The van der Waals surface area contributed by atoms with Crippen LogP contribution in [0.2, 0.25) is 15.1 Å². The molecule has 3 nitrogen and oxygen atoms in total. The fourth-order valence-electron chi connectivity index (χ4n) is 3.77. The number of benzene rings is 2. The summed E-state index contributed by atoms with van der Waals surface area (Å²) in [6.45, 7) is 5.87. The Labute approximate surface area is 168 Å². The first-order valence-corrected chi connectivity index (χ1v) is 9.94. The van der Waals surface area contributed by atoms with Crippen molar-refractivity contribution in [3.8, 4) is 22.6 Å². The second-order valence-corrected chi connectivity index (χ2v) is 8.31. The van der Waals surface area contributed by atoms with Crippen LogP contribution in [0.5, 0.6) is 11.5 Å². The third-order valence-corrected chi connectivity index (χ3v) is 5.64. The van der Waals surface area contributed by atoms with Crippen molar-refractivity contribution in [1.29, 1.82) is 0 Å². The van der Waals surface area contributed by atoms with Gasteiger partial charge in [0, 0.05) is 28.6 Å². The monoisotopic (exact) mass is 411 g/mol. The van der Waals surface area contributed by atoms with Crippen molar-refractivity contribution < 1.29 is 9.47 Å². The van der Waals surface area contributed by atoms with Crippen LogP contribution in [0.1, 0.15) is 31.7 Å². The molecule has 2 atom stereocenters. The van der Waals surface area contributed by atoms with Crippen LogP contribution in [0.4, 0.5) is 0 Å². The molecule has 2 aromatic rings. The van der Waals surface area contributed by atoms with Crippen molar-refractivity contribution in [2.45, 2.75) is 38.4 Å². The molecule has 2 aliphatic heterocycles. The Morgan fingerprint density at radius 3 is 2.54 bits per heavy atom. The summed E-state index contributed by atoms with van der Waals surface area (Å²) in [5.41, 5.74) is 2.83. The van der Waals surface area contributed by atoms with Gasteiger partial charge in [0.05, 0.1) is 16.1 Å². The molecule has 0 radical (unpaired) electrons. The standard InChI is InChI=1S/C20H20Cl3NO2/c1-10(2)25-18-6-11(19-15(22)7-12(21)8-16(19)23)5-13-14-9-24-4-3-17(14)26-20(13)18/h5-8,10,14,17,24H,3-4,9H2,1-2H3/t14-,17-/m0/s1. The maximum Gasteiger partial charge on any atom is 0.165 e. The molecule has 0 unspecified atom stereocenters. The second-order valence-electron chi connectivity index (χ2n) is 7.06. The van der Waals surface area contributed by atoms with E-state index in [4.69, 9.17) is 44.3 Å². The van der Waals surface area contributed by atoms with Crippen molar-refractivity contribution >= 4 is 34.8 Å². The van der Waals surface area contributed by atoms with E-state index in [0.29, 0.717) is 21.0 Å². The van der Waals surface area contributed by atoms with Crippen LogP contribution in [-0.2, 0) is 0 Å². The van der Waals surface area contributed by atoms with E-state index in [1.54, 1.807) is 12.1 Å². The van der Waals surface area contributed by atoms with Gasteiger partial charge in [-0.3, -0.25) is 0 Å². The van der Waals surface area contributed by atoms with E-state index in [0.717, 1.165) is 47.7 Å². The first-order valence-electron chi connectivity index (χ1n) is 8.81. The van der Waals surface area contributed by atoms with E-state index in [-0.39, 0.29) is 12.2 Å². The van der Waals surface area contributed by atoms with Gasteiger partial charge < -0.3 is 14.8 Å². The number of halogens is 3. The van der Waals surface area contributed by atoms with Crippen molar-refractivity contribution in [3.05, 3.63) is 44.9 Å². The summed E-state index contributed by atoms with van der Waals surface area (Å²) < 4.78 is 12.3. The first-order chi connectivity index (χ1) is 12.4. The van der Waals surface area contributed by atoms with Gasteiger partial charge in [-0.05, 0) is 56.6 Å². The summed E-state index contributed by atoms with van der Waals surface area (Å²) in [4.78, 5) is 0. The van der Waals surface area contributed by atoms with Crippen molar-refractivity contribution in [1.82, 2.24) is 5.32 Å². The van der Waals surface area contributed by atoms with E-state index in [1.807, 2.05) is 19.9 Å². The molecular formula is C20H20Cl3NO2. The highest BCUT2D eigenvalue weighted by atomic mass is 35.5. The molecule has 6 heteroatoms. The molecule has 138 valence electrons. The number of piperidine rings is 1. The van der Waals surface area contributed by atoms with Gasteiger partial charge in [-0.2, -0.15) is 0 Å². The van der Waals surface area contributed by atoms with Crippen LogP contribution in [0.25, 0.3) is 11.1 Å². The SMILES string of the molecule is CC(C)Oc1cc(-c2c(Cl)cc(Cl)cc2Cl)cc2c1O[C@H]1CCNC[C@@H]21. The fourth-order valence-corrected chi connectivity index (χ4v) is 4.80. The second kappa shape index (κ2) is 7.12. The number of hydrogen-bond acceptors (Lipinski definition) is 3. The molecule has 4 rings (SSSR count). The van der Waals surface area contributed by atoms with Gasteiger partial charge in [-0.15, -0.1) is 0 Å². The highest BCUT2D eigenvalue weighted by molar-refractivity contribution is 6.41. The number of hydrogen-bond donors (Lipinski definition) is 1. The Bertz CT molecular complexity index is 830. The maximum absolute atomic E-state index is 6.46. The molecule has 1 fully saturated rings. The topological polar surface area (TPSA) is 30.5 Å². The Morgan fingerprint density at radius 1 is 1.12 bits per heavy atom. The van der Waals surface area contributed by atoms with Gasteiger partial charge in [-0.25, -0.2) is 0 Å². The average Bonchev–Trinajstić information content (AvgIpc) is 2.93. The van der Waals surface area contributed by atoms with Crippen molar-refractivity contribution in [2.75, 3.05) is 13.1 Å². The largest absolute Gasteiger partial charge is 0.487 e. The number of rotatable bonds is 3. The fraction of sp³-hybridized carbons (Fsp3) is 0.400. The van der Waals surface area contributed by atoms with Crippen LogP contribution < -0.4 is 14.8 Å². The Balaban J connectivity index is 1.88. The van der Waals surface area contributed by atoms with Crippen molar-refractivity contribution in [3.63, 3.8) is 0 Å². The molecule has 2 aromatic carbocycles. The molecule has 1 N–H and O–H groups in total. The van der Waals surface area contributed by atoms with Crippen molar-refractivity contribution in [2.24, 2.45) is 0 Å². The number of fused-ring (bicyclic) bond motifs is 3. The lowest BCUT2D eigenvalue weighted by Gasteiger charge is -2.24. The van der Waals surface area contributed by atoms with Gasteiger partial charge in [0.15, 0.2) is 11.5 Å². The maximum atomic E-state index is 6.46. The van der Waals surface area contributed by atoms with Crippen LogP contribution >= 0.6 is 34.8 Å². The van der Waals surface area contributed by atoms with Gasteiger partial charge in [-0.1, -0.05) is 34.8 Å². The van der Waals surface area contributed by atoms with Crippen LogP contribution in [0.3, 0.4) is 0 Å². The third kappa shape index (κ3) is 3.27. The Morgan fingerprint density at radius 2 is 1.85 bits per heavy atom. The lowest BCUT2D eigenvalue weighted by Crippen LogP contribution is -2.37. The molecule has 0 aliphatic carbocycles. The van der Waals surface area contributed by atoms with Gasteiger partial charge >= 0.3 is 0 Å². The molecule has 0 aromatic heterocycles. The van der Waals surface area contributed by atoms with Gasteiger partial charge in [0.25, 0.3) is 0 Å². The quantitative estimate of drug-likeness (QED) is 0.677. The van der Waals surface area contributed by atoms with Gasteiger partial charge in [0.1, 0.15) is 6.10 Å².